The molecule has 0 aromatic heterocycles. The molecule has 7 heteroatoms. The van der Waals surface area contributed by atoms with Crippen molar-refractivity contribution in [2.45, 2.75) is 46.1 Å². The van der Waals surface area contributed by atoms with Crippen LogP contribution in [-0.4, -0.2) is 53.7 Å². The van der Waals surface area contributed by atoms with Gasteiger partial charge in [0.25, 0.3) is 5.91 Å². The van der Waals surface area contributed by atoms with Crippen molar-refractivity contribution >= 4 is 17.6 Å². The van der Waals surface area contributed by atoms with E-state index in [2.05, 4.69) is 6.07 Å². The highest BCUT2D eigenvalue weighted by Crippen LogP contribution is 2.35. The number of nitrogens with zero attached hydrogens (tertiary/aromatic N) is 3. The van der Waals surface area contributed by atoms with Gasteiger partial charge in [-0.2, -0.15) is 5.10 Å². The van der Waals surface area contributed by atoms with E-state index in [4.69, 9.17) is 9.84 Å². The van der Waals surface area contributed by atoms with E-state index in [1.165, 1.54) is 11.1 Å². The molecule has 2 aliphatic heterocycles. The molecule has 0 unspecified atom stereocenters. The van der Waals surface area contributed by atoms with E-state index in [-0.39, 0.29) is 30.2 Å². The van der Waals surface area contributed by atoms with Crippen LogP contribution in [0.3, 0.4) is 0 Å². The van der Waals surface area contributed by atoms with Crippen LogP contribution in [0.4, 0.5) is 4.39 Å². The van der Waals surface area contributed by atoms with Crippen LogP contribution < -0.4 is 0 Å². The molecule has 2 aliphatic rings. The number of rotatable bonds is 6. The molecule has 1 atom stereocenters. The first-order valence-electron chi connectivity index (χ1n) is 12.0. The summed E-state index contributed by atoms with van der Waals surface area (Å²) in [4.78, 5) is 27.5. The number of amides is 1. The third kappa shape index (κ3) is 5.20. The van der Waals surface area contributed by atoms with E-state index >= 15 is 0 Å². The van der Waals surface area contributed by atoms with Crippen LogP contribution in [0.5, 0.6) is 0 Å². The second-order valence-electron chi connectivity index (χ2n) is 9.15. The van der Waals surface area contributed by atoms with Gasteiger partial charge in [-0.1, -0.05) is 42.0 Å². The molecule has 4 rings (SSSR count). The SMILES string of the molecule is CCOC(=O)C1CCN(CC(=O)N2N=C(c3ccc(C)cc3C)C[C@@H]2c2ccccc2F)CC1. The molecule has 34 heavy (non-hydrogen) atoms. The summed E-state index contributed by atoms with van der Waals surface area (Å²) in [5.74, 6) is -0.769. The van der Waals surface area contributed by atoms with Crippen molar-refractivity contribution in [3.05, 3.63) is 70.5 Å². The van der Waals surface area contributed by atoms with Crippen LogP contribution in [0.15, 0.2) is 47.6 Å². The van der Waals surface area contributed by atoms with E-state index in [1.807, 2.05) is 30.9 Å². The van der Waals surface area contributed by atoms with Gasteiger partial charge in [-0.3, -0.25) is 14.5 Å². The second kappa shape index (κ2) is 10.5. The van der Waals surface area contributed by atoms with Gasteiger partial charge in [-0.05, 0) is 58.3 Å². The molecule has 0 aliphatic carbocycles. The minimum Gasteiger partial charge on any atom is -0.466 e. The van der Waals surface area contributed by atoms with Gasteiger partial charge in [0.2, 0.25) is 0 Å². The summed E-state index contributed by atoms with van der Waals surface area (Å²) in [6.07, 6.45) is 1.79. The fourth-order valence-corrected chi connectivity index (χ4v) is 4.88. The monoisotopic (exact) mass is 465 g/mol. The van der Waals surface area contributed by atoms with Crippen molar-refractivity contribution < 1.29 is 18.7 Å². The van der Waals surface area contributed by atoms with Gasteiger partial charge in [-0.25, -0.2) is 9.40 Å². The van der Waals surface area contributed by atoms with Crippen LogP contribution in [0, 0.1) is 25.6 Å². The van der Waals surface area contributed by atoms with Crippen LogP contribution in [0.1, 0.15) is 54.5 Å². The molecule has 1 fully saturated rings. The van der Waals surface area contributed by atoms with E-state index in [0.717, 1.165) is 22.4 Å². The predicted molar refractivity (Wildman–Crippen MR) is 129 cm³/mol. The van der Waals surface area contributed by atoms with Crippen molar-refractivity contribution in [3.63, 3.8) is 0 Å². The first-order valence-corrected chi connectivity index (χ1v) is 12.0. The molecular formula is C27H32FN3O3. The highest BCUT2D eigenvalue weighted by molar-refractivity contribution is 6.04. The summed E-state index contributed by atoms with van der Waals surface area (Å²) in [5.41, 5.74) is 4.49. The number of halogens is 1. The van der Waals surface area contributed by atoms with Crippen LogP contribution in [0.25, 0.3) is 0 Å². The first kappa shape index (κ1) is 24.1. The van der Waals surface area contributed by atoms with E-state index in [1.54, 1.807) is 25.1 Å². The molecule has 0 saturated carbocycles. The average Bonchev–Trinajstić information content (AvgIpc) is 3.25. The minimum absolute atomic E-state index is 0.113. The normalized spacial score (nSPS) is 19.2. The van der Waals surface area contributed by atoms with Gasteiger partial charge in [0.1, 0.15) is 5.82 Å². The number of hydrogen-bond acceptors (Lipinski definition) is 5. The number of hydrogen-bond donors (Lipinski definition) is 0. The lowest BCUT2D eigenvalue weighted by Gasteiger charge is -2.32. The van der Waals surface area contributed by atoms with E-state index < -0.39 is 6.04 Å². The van der Waals surface area contributed by atoms with Crippen molar-refractivity contribution in [1.82, 2.24) is 9.91 Å². The summed E-state index contributed by atoms with van der Waals surface area (Å²) < 4.78 is 19.9. The van der Waals surface area contributed by atoms with Gasteiger partial charge in [0, 0.05) is 17.5 Å². The maximum Gasteiger partial charge on any atom is 0.309 e. The number of likely N-dealkylation sites (tertiary alicyclic amines) is 1. The number of esters is 1. The minimum atomic E-state index is -0.485. The lowest BCUT2D eigenvalue weighted by atomic mass is 9.95. The van der Waals surface area contributed by atoms with Crippen molar-refractivity contribution in [2.24, 2.45) is 11.0 Å². The predicted octanol–water partition coefficient (Wildman–Crippen LogP) is 4.40. The summed E-state index contributed by atoms with van der Waals surface area (Å²) in [6.45, 7) is 7.72. The van der Waals surface area contributed by atoms with Crippen LogP contribution >= 0.6 is 0 Å². The molecular weight excluding hydrogens is 433 g/mol. The van der Waals surface area contributed by atoms with Gasteiger partial charge < -0.3 is 4.74 Å². The molecule has 6 nitrogen and oxygen atoms in total. The van der Waals surface area contributed by atoms with Crippen LogP contribution in [-0.2, 0) is 14.3 Å². The van der Waals surface area contributed by atoms with Crippen molar-refractivity contribution in [3.8, 4) is 0 Å². The number of carbonyl (C=O) groups excluding carboxylic acids is 2. The Morgan fingerprint density at radius 3 is 2.53 bits per heavy atom. The molecule has 1 saturated heterocycles. The Morgan fingerprint density at radius 2 is 1.85 bits per heavy atom. The number of carbonyl (C=O) groups is 2. The van der Waals surface area contributed by atoms with Gasteiger partial charge in [0.05, 0.1) is 30.8 Å². The van der Waals surface area contributed by atoms with Gasteiger partial charge in [0.15, 0.2) is 0 Å². The topological polar surface area (TPSA) is 62.2 Å². The quantitative estimate of drug-likeness (QED) is 0.594. The number of ether oxygens (including phenoxy) is 1. The highest BCUT2D eigenvalue weighted by atomic mass is 19.1. The first-order chi connectivity index (χ1) is 16.4. The van der Waals surface area contributed by atoms with Gasteiger partial charge >= 0.3 is 5.97 Å². The number of benzene rings is 2. The Hall–Kier alpha value is -3.06. The van der Waals surface area contributed by atoms with Crippen molar-refractivity contribution in [1.29, 1.82) is 0 Å². The third-order valence-electron chi connectivity index (χ3n) is 6.69. The zero-order valence-electron chi connectivity index (χ0n) is 20.1. The fraction of sp³-hybridized carbons (Fsp3) is 0.444. The molecule has 0 radical (unpaired) electrons. The van der Waals surface area contributed by atoms with Gasteiger partial charge in [-0.15, -0.1) is 0 Å². The zero-order valence-corrected chi connectivity index (χ0v) is 20.1. The Balaban J connectivity index is 1.53. The Labute approximate surface area is 200 Å². The number of hydrazone groups is 1. The standard InChI is InChI=1S/C27H32FN3O3/c1-4-34-27(33)20-11-13-30(14-12-20)17-26(32)31-25(22-7-5-6-8-23(22)28)16-24(29-31)21-10-9-18(2)15-19(21)3/h5-10,15,20,25H,4,11-14,16-17H2,1-3H3/t25-/m1/s1. The third-order valence-corrected chi connectivity index (χ3v) is 6.69. The zero-order chi connectivity index (χ0) is 24.2. The molecule has 2 aromatic rings. The summed E-state index contributed by atoms with van der Waals surface area (Å²) in [7, 11) is 0. The lowest BCUT2D eigenvalue weighted by Crippen LogP contribution is -2.43. The fourth-order valence-electron chi connectivity index (χ4n) is 4.88. The summed E-state index contributed by atoms with van der Waals surface area (Å²) in [5, 5.41) is 6.18. The largest absolute Gasteiger partial charge is 0.466 e. The average molecular weight is 466 g/mol. The second-order valence-corrected chi connectivity index (χ2v) is 9.15. The molecule has 2 aromatic carbocycles. The highest BCUT2D eigenvalue weighted by Gasteiger charge is 2.36. The lowest BCUT2D eigenvalue weighted by molar-refractivity contribution is -0.149. The molecule has 1 amide bonds. The summed E-state index contributed by atoms with van der Waals surface area (Å²) >= 11 is 0. The summed E-state index contributed by atoms with van der Waals surface area (Å²) in [6, 6.07) is 12.3. The smallest absolute Gasteiger partial charge is 0.309 e. The Bertz CT molecular complexity index is 1090. The molecule has 0 spiro atoms. The number of piperidine rings is 1. The maximum atomic E-state index is 14.7. The van der Waals surface area contributed by atoms with Crippen molar-refractivity contribution in [2.75, 3.05) is 26.2 Å². The molecule has 180 valence electrons. The van der Waals surface area contributed by atoms with E-state index in [9.17, 15) is 14.0 Å². The maximum absolute atomic E-state index is 14.7. The number of aryl methyl sites for hydroxylation is 2. The van der Waals surface area contributed by atoms with Crippen LogP contribution in [0.2, 0.25) is 0 Å². The molecule has 0 bridgehead atoms. The molecule has 0 N–H and O–H groups in total. The van der Waals surface area contributed by atoms with E-state index in [0.29, 0.717) is 44.5 Å². The molecule has 2 heterocycles. The Kier molecular flexibility index (Phi) is 7.41. The Morgan fingerprint density at radius 1 is 1.12 bits per heavy atom.